The third-order valence-corrected chi connectivity index (χ3v) is 1.14. The van der Waals surface area contributed by atoms with Crippen LogP contribution in [0.25, 0.3) is 0 Å². The van der Waals surface area contributed by atoms with Crippen LogP contribution in [0.5, 0.6) is 0 Å². The van der Waals surface area contributed by atoms with Gasteiger partial charge in [-0.2, -0.15) is 0 Å². The highest BCUT2D eigenvalue weighted by molar-refractivity contribution is 5.17. The molecule has 2 nitrogen and oxygen atoms in total. The highest BCUT2D eigenvalue weighted by Crippen LogP contribution is 2.08. The highest BCUT2D eigenvalue weighted by Gasteiger charge is 1.97. The first-order chi connectivity index (χ1) is 4.34. The van der Waals surface area contributed by atoms with Crippen LogP contribution in [-0.2, 0) is 11.3 Å². The van der Waals surface area contributed by atoms with Crippen LogP contribution in [0.2, 0.25) is 0 Å². The van der Waals surface area contributed by atoms with Gasteiger partial charge in [0.05, 0.1) is 12.9 Å². The van der Waals surface area contributed by atoms with E-state index >= 15 is 0 Å². The zero-order chi connectivity index (χ0) is 6.69. The van der Waals surface area contributed by atoms with Gasteiger partial charge in [0, 0.05) is 19.6 Å². The number of ether oxygens (including phenoxy) is 1. The van der Waals surface area contributed by atoms with E-state index in [1.807, 2.05) is 6.07 Å². The third-order valence-electron chi connectivity index (χ3n) is 1.14. The Morgan fingerprint density at radius 2 is 2.56 bits per heavy atom. The third kappa shape index (κ3) is 1.33. The largest absolute Gasteiger partial charge is 0.469 e. The fourth-order valence-electron chi connectivity index (χ4n) is 0.651. The molecule has 1 rings (SSSR count). The number of hydrogen-bond donors (Lipinski definition) is 0. The Morgan fingerprint density at radius 1 is 1.78 bits per heavy atom. The van der Waals surface area contributed by atoms with Crippen LogP contribution in [0.15, 0.2) is 16.7 Å². The lowest BCUT2D eigenvalue weighted by Crippen LogP contribution is -1.85. The average Bonchev–Trinajstić information content (AvgIpc) is 2.18. The van der Waals surface area contributed by atoms with Crippen molar-refractivity contribution in [2.75, 3.05) is 7.11 Å². The molecule has 0 aliphatic rings. The van der Waals surface area contributed by atoms with Crippen LogP contribution in [-0.4, -0.2) is 7.11 Å². The maximum absolute atomic E-state index is 4.93. The Hall–Kier alpha value is -0.760. The molecule has 0 bridgehead atoms. The Morgan fingerprint density at radius 3 is 3.00 bits per heavy atom. The zero-order valence-electron chi connectivity index (χ0n) is 5.39. The van der Waals surface area contributed by atoms with Crippen molar-refractivity contribution in [3.05, 3.63) is 30.6 Å². The second-order valence-corrected chi connectivity index (χ2v) is 1.80. The number of furan rings is 1. The van der Waals surface area contributed by atoms with Gasteiger partial charge in [-0.3, -0.25) is 0 Å². The first kappa shape index (κ1) is 6.36. The van der Waals surface area contributed by atoms with E-state index < -0.39 is 0 Å². The number of rotatable bonds is 2. The first-order valence-electron chi connectivity index (χ1n) is 2.72. The van der Waals surface area contributed by atoms with Gasteiger partial charge in [-0.1, -0.05) is 0 Å². The summed E-state index contributed by atoms with van der Waals surface area (Å²) in [6.45, 7) is 4.23. The molecule has 0 N–H and O–H groups in total. The minimum atomic E-state index is 0.579. The topological polar surface area (TPSA) is 22.4 Å². The smallest absolute Gasteiger partial charge is 0.109 e. The molecule has 1 heterocycles. The van der Waals surface area contributed by atoms with Crippen molar-refractivity contribution in [3.8, 4) is 0 Å². The molecular formula is C7H9O2. The van der Waals surface area contributed by atoms with E-state index in [2.05, 4.69) is 6.92 Å². The Labute approximate surface area is 54.4 Å². The lowest BCUT2D eigenvalue weighted by Gasteiger charge is -1.92. The molecule has 2 heteroatoms. The molecule has 0 aliphatic carbocycles. The predicted molar refractivity (Wildman–Crippen MR) is 33.9 cm³/mol. The number of methoxy groups -OCH3 is 1. The lowest BCUT2D eigenvalue weighted by molar-refractivity contribution is 0.184. The standard InChI is InChI=1S/C7H9O2/c1-6-7(5-8-2)3-4-9-6/h3-4H,1,5H2,2H3. The van der Waals surface area contributed by atoms with E-state index in [0.717, 1.165) is 5.56 Å². The van der Waals surface area contributed by atoms with Crippen LogP contribution in [0, 0.1) is 6.92 Å². The van der Waals surface area contributed by atoms with Gasteiger partial charge < -0.3 is 9.15 Å². The monoisotopic (exact) mass is 125 g/mol. The first-order valence-corrected chi connectivity index (χ1v) is 2.72. The van der Waals surface area contributed by atoms with E-state index in [1.54, 1.807) is 13.4 Å². The normalized spacial score (nSPS) is 10.0. The van der Waals surface area contributed by atoms with Crippen LogP contribution in [0.3, 0.4) is 0 Å². The lowest BCUT2D eigenvalue weighted by atomic mass is 10.3. The molecule has 0 atom stereocenters. The molecule has 0 spiro atoms. The summed E-state index contributed by atoms with van der Waals surface area (Å²) in [5.41, 5.74) is 1.01. The van der Waals surface area contributed by atoms with Gasteiger partial charge in [0.1, 0.15) is 5.76 Å². The molecule has 1 radical (unpaired) electrons. The van der Waals surface area contributed by atoms with Gasteiger partial charge in [0.15, 0.2) is 0 Å². The molecule has 0 fully saturated rings. The van der Waals surface area contributed by atoms with E-state index in [1.165, 1.54) is 0 Å². The van der Waals surface area contributed by atoms with Crippen LogP contribution in [0.1, 0.15) is 11.3 Å². The summed E-state index contributed by atoms with van der Waals surface area (Å²) >= 11 is 0. The van der Waals surface area contributed by atoms with Gasteiger partial charge in [0.25, 0.3) is 0 Å². The molecule has 0 aliphatic heterocycles. The molecule has 9 heavy (non-hydrogen) atoms. The molecule has 0 saturated carbocycles. The predicted octanol–water partition coefficient (Wildman–Crippen LogP) is 1.61. The molecule has 0 aromatic carbocycles. The quantitative estimate of drug-likeness (QED) is 0.599. The van der Waals surface area contributed by atoms with Gasteiger partial charge in [0.2, 0.25) is 0 Å². The van der Waals surface area contributed by atoms with Crippen molar-refractivity contribution in [2.45, 2.75) is 6.61 Å². The van der Waals surface area contributed by atoms with Gasteiger partial charge >= 0.3 is 0 Å². The summed E-state index contributed by atoms with van der Waals surface area (Å²) in [5, 5.41) is 0. The Bertz CT molecular complexity index is 179. The minimum Gasteiger partial charge on any atom is -0.469 e. The molecular weight excluding hydrogens is 116 g/mol. The summed E-state index contributed by atoms with van der Waals surface area (Å²) in [6, 6.07) is 1.85. The fourth-order valence-corrected chi connectivity index (χ4v) is 0.651. The Balaban J connectivity index is 2.69. The summed E-state index contributed by atoms with van der Waals surface area (Å²) in [7, 11) is 1.65. The summed E-state index contributed by atoms with van der Waals surface area (Å²) in [4.78, 5) is 0. The Kier molecular flexibility index (Phi) is 1.90. The maximum atomic E-state index is 4.93. The van der Waals surface area contributed by atoms with Gasteiger partial charge in [-0.15, -0.1) is 0 Å². The van der Waals surface area contributed by atoms with E-state index in [4.69, 9.17) is 9.15 Å². The van der Waals surface area contributed by atoms with E-state index in [-0.39, 0.29) is 0 Å². The zero-order valence-corrected chi connectivity index (χ0v) is 5.39. The maximum Gasteiger partial charge on any atom is 0.109 e. The fraction of sp³-hybridized carbons (Fsp3) is 0.286. The van der Waals surface area contributed by atoms with Gasteiger partial charge in [-0.05, 0) is 6.07 Å². The van der Waals surface area contributed by atoms with E-state index in [0.29, 0.717) is 12.4 Å². The summed E-state index contributed by atoms with van der Waals surface area (Å²) in [5.74, 6) is 0.692. The van der Waals surface area contributed by atoms with Crippen molar-refractivity contribution in [2.24, 2.45) is 0 Å². The molecule has 0 amide bonds. The van der Waals surface area contributed by atoms with Crippen molar-refractivity contribution >= 4 is 0 Å². The van der Waals surface area contributed by atoms with Crippen molar-refractivity contribution in [3.63, 3.8) is 0 Å². The molecule has 49 valence electrons. The second-order valence-electron chi connectivity index (χ2n) is 1.80. The molecule has 0 saturated heterocycles. The highest BCUT2D eigenvalue weighted by atomic mass is 16.5. The average molecular weight is 125 g/mol. The van der Waals surface area contributed by atoms with Crippen LogP contribution >= 0.6 is 0 Å². The second kappa shape index (κ2) is 2.69. The van der Waals surface area contributed by atoms with Gasteiger partial charge in [-0.25, -0.2) is 0 Å². The number of hydrogen-bond acceptors (Lipinski definition) is 2. The van der Waals surface area contributed by atoms with Crippen molar-refractivity contribution in [1.82, 2.24) is 0 Å². The summed E-state index contributed by atoms with van der Waals surface area (Å²) in [6.07, 6.45) is 1.61. The van der Waals surface area contributed by atoms with Crippen molar-refractivity contribution < 1.29 is 9.15 Å². The van der Waals surface area contributed by atoms with Crippen molar-refractivity contribution in [1.29, 1.82) is 0 Å². The minimum absolute atomic E-state index is 0.579. The molecule has 0 unspecified atom stereocenters. The van der Waals surface area contributed by atoms with E-state index in [9.17, 15) is 0 Å². The summed E-state index contributed by atoms with van der Waals surface area (Å²) < 4.78 is 9.79. The SMILES string of the molecule is [CH2]c1occc1COC. The molecule has 1 aromatic heterocycles. The van der Waals surface area contributed by atoms with Crippen LogP contribution in [0.4, 0.5) is 0 Å². The van der Waals surface area contributed by atoms with Crippen LogP contribution < -0.4 is 0 Å². The molecule has 1 aromatic rings.